The topological polar surface area (TPSA) is 75.6 Å². The highest BCUT2D eigenvalue weighted by Crippen LogP contribution is 2.15. The first-order chi connectivity index (χ1) is 9.02. The number of carbonyl (C=O) groups excluding carboxylic acids is 1. The molecular weight excluding hydrogens is 314 g/mol. The Labute approximate surface area is 120 Å². The molecule has 5 nitrogen and oxygen atoms in total. The molecule has 0 aliphatic rings. The minimum Gasteiger partial charge on any atom is -0.484 e. The number of amides is 1. The number of hydrogen-bond acceptors (Lipinski definition) is 3. The number of ether oxygens (including phenoxy) is 1. The van der Waals surface area contributed by atoms with E-state index < -0.39 is 17.9 Å². The lowest BCUT2D eigenvalue weighted by Crippen LogP contribution is -2.42. The molecule has 19 heavy (non-hydrogen) atoms. The summed E-state index contributed by atoms with van der Waals surface area (Å²) in [6, 6.07) is 6.18. The molecule has 2 N–H and O–H groups in total. The van der Waals surface area contributed by atoms with Crippen molar-refractivity contribution >= 4 is 27.8 Å². The van der Waals surface area contributed by atoms with Crippen molar-refractivity contribution < 1.29 is 19.4 Å². The number of halogens is 1. The van der Waals surface area contributed by atoms with Crippen LogP contribution < -0.4 is 10.1 Å². The van der Waals surface area contributed by atoms with Crippen LogP contribution in [0.15, 0.2) is 28.7 Å². The fourth-order valence-electron chi connectivity index (χ4n) is 1.46. The van der Waals surface area contributed by atoms with Crippen LogP contribution in [0.1, 0.15) is 19.8 Å². The highest BCUT2D eigenvalue weighted by Gasteiger charge is 2.18. The van der Waals surface area contributed by atoms with Gasteiger partial charge in [-0.25, -0.2) is 4.79 Å². The molecule has 0 bridgehead atoms. The molecule has 0 spiro atoms. The third kappa shape index (κ3) is 5.74. The van der Waals surface area contributed by atoms with E-state index >= 15 is 0 Å². The van der Waals surface area contributed by atoms with Crippen molar-refractivity contribution in [1.82, 2.24) is 5.32 Å². The van der Waals surface area contributed by atoms with E-state index in [9.17, 15) is 9.59 Å². The number of benzene rings is 1. The number of rotatable bonds is 7. The van der Waals surface area contributed by atoms with Crippen LogP contribution in [0, 0.1) is 0 Å². The highest BCUT2D eigenvalue weighted by atomic mass is 79.9. The smallest absolute Gasteiger partial charge is 0.326 e. The van der Waals surface area contributed by atoms with E-state index in [0.717, 1.165) is 4.47 Å². The summed E-state index contributed by atoms with van der Waals surface area (Å²) < 4.78 is 6.17. The van der Waals surface area contributed by atoms with Crippen molar-refractivity contribution in [2.24, 2.45) is 0 Å². The Hall–Kier alpha value is -1.56. The average Bonchev–Trinajstić information content (AvgIpc) is 2.37. The average molecular weight is 330 g/mol. The summed E-state index contributed by atoms with van der Waals surface area (Å²) in [5, 5.41) is 11.3. The van der Waals surface area contributed by atoms with Crippen molar-refractivity contribution in [1.29, 1.82) is 0 Å². The largest absolute Gasteiger partial charge is 0.484 e. The van der Waals surface area contributed by atoms with Crippen molar-refractivity contribution in [3.05, 3.63) is 28.7 Å². The van der Waals surface area contributed by atoms with Crippen LogP contribution >= 0.6 is 15.9 Å². The molecular formula is C13H16BrNO4. The van der Waals surface area contributed by atoms with E-state index in [4.69, 9.17) is 9.84 Å². The van der Waals surface area contributed by atoms with E-state index in [1.54, 1.807) is 24.3 Å². The van der Waals surface area contributed by atoms with Crippen LogP contribution in [0.25, 0.3) is 0 Å². The van der Waals surface area contributed by atoms with Crippen LogP contribution in [0.4, 0.5) is 0 Å². The Morgan fingerprint density at radius 3 is 2.53 bits per heavy atom. The first-order valence-electron chi connectivity index (χ1n) is 5.93. The van der Waals surface area contributed by atoms with Crippen molar-refractivity contribution in [3.63, 3.8) is 0 Å². The highest BCUT2D eigenvalue weighted by molar-refractivity contribution is 9.10. The Kier molecular flexibility index (Phi) is 6.35. The van der Waals surface area contributed by atoms with E-state index in [-0.39, 0.29) is 6.61 Å². The lowest BCUT2D eigenvalue weighted by atomic mass is 10.2. The Morgan fingerprint density at radius 2 is 2.00 bits per heavy atom. The normalized spacial score (nSPS) is 11.7. The van der Waals surface area contributed by atoms with Gasteiger partial charge in [0.1, 0.15) is 11.8 Å². The van der Waals surface area contributed by atoms with Crippen LogP contribution in [-0.2, 0) is 9.59 Å². The van der Waals surface area contributed by atoms with Crippen LogP contribution in [0.2, 0.25) is 0 Å². The maximum atomic E-state index is 11.6. The van der Waals surface area contributed by atoms with E-state index in [0.29, 0.717) is 18.6 Å². The molecule has 0 saturated heterocycles. The molecule has 0 heterocycles. The Balaban J connectivity index is 2.42. The second kappa shape index (κ2) is 7.78. The van der Waals surface area contributed by atoms with Crippen molar-refractivity contribution in [2.45, 2.75) is 25.8 Å². The van der Waals surface area contributed by atoms with Crippen molar-refractivity contribution in [2.75, 3.05) is 6.61 Å². The number of carboxylic acids is 1. The molecule has 0 unspecified atom stereocenters. The predicted octanol–water partition coefficient (Wildman–Crippen LogP) is 2.20. The molecule has 1 aromatic rings. The number of carbonyl (C=O) groups is 2. The molecule has 0 radical (unpaired) electrons. The fraction of sp³-hybridized carbons (Fsp3) is 0.385. The minimum atomic E-state index is -1.03. The van der Waals surface area contributed by atoms with Gasteiger partial charge in [0.15, 0.2) is 6.61 Å². The quantitative estimate of drug-likeness (QED) is 0.804. The molecule has 0 aliphatic carbocycles. The summed E-state index contributed by atoms with van der Waals surface area (Å²) >= 11 is 3.29. The zero-order valence-electron chi connectivity index (χ0n) is 10.6. The molecule has 0 aromatic heterocycles. The standard InChI is InChI=1S/C13H16BrNO4/c1-2-3-11(13(17)18)15-12(16)8-19-10-6-4-9(14)5-7-10/h4-7,11H,2-3,8H2,1H3,(H,15,16)(H,17,18)/t11-/m0/s1. The zero-order valence-corrected chi connectivity index (χ0v) is 12.1. The van der Waals surface area contributed by atoms with E-state index in [2.05, 4.69) is 21.2 Å². The van der Waals surface area contributed by atoms with Crippen LogP contribution in [0.3, 0.4) is 0 Å². The van der Waals surface area contributed by atoms with Crippen LogP contribution in [0.5, 0.6) is 5.75 Å². The van der Waals surface area contributed by atoms with Crippen LogP contribution in [-0.4, -0.2) is 29.6 Å². The second-order valence-electron chi connectivity index (χ2n) is 3.99. The summed E-state index contributed by atoms with van der Waals surface area (Å²) in [6.07, 6.45) is 1.09. The monoisotopic (exact) mass is 329 g/mol. The first-order valence-corrected chi connectivity index (χ1v) is 6.72. The molecule has 1 aromatic carbocycles. The zero-order chi connectivity index (χ0) is 14.3. The summed E-state index contributed by atoms with van der Waals surface area (Å²) in [5.41, 5.74) is 0. The fourth-order valence-corrected chi connectivity index (χ4v) is 1.73. The predicted molar refractivity (Wildman–Crippen MR) is 74.1 cm³/mol. The summed E-state index contributed by atoms with van der Waals surface area (Å²) in [7, 11) is 0. The van der Waals surface area contributed by atoms with Gasteiger partial charge in [-0.2, -0.15) is 0 Å². The molecule has 6 heteroatoms. The van der Waals surface area contributed by atoms with Gasteiger partial charge in [0, 0.05) is 4.47 Å². The van der Waals surface area contributed by atoms with Gasteiger partial charge in [0.25, 0.3) is 5.91 Å². The third-order valence-electron chi connectivity index (χ3n) is 2.39. The van der Waals surface area contributed by atoms with Gasteiger partial charge in [-0.1, -0.05) is 29.3 Å². The summed E-state index contributed by atoms with van der Waals surface area (Å²) in [4.78, 5) is 22.4. The number of hydrogen-bond donors (Lipinski definition) is 2. The number of carboxylic acid groups (broad SMARTS) is 1. The van der Waals surface area contributed by atoms with Crippen molar-refractivity contribution in [3.8, 4) is 5.75 Å². The van der Waals surface area contributed by atoms with Gasteiger partial charge in [0.05, 0.1) is 0 Å². The first kappa shape index (κ1) is 15.5. The van der Waals surface area contributed by atoms with Gasteiger partial charge in [-0.3, -0.25) is 4.79 Å². The number of nitrogens with one attached hydrogen (secondary N) is 1. The molecule has 0 saturated carbocycles. The summed E-state index contributed by atoms with van der Waals surface area (Å²) in [6.45, 7) is 1.66. The third-order valence-corrected chi connectivity index (χ3v) is 2.92. The molecule has 0 aliphatic heterocycles. The number of aliphatic carboxylic acids is 1. The molecule has 1 amide bonds. The van der Waals surface area contributed by atoms with Gasteiger partial charge in [-0.05, 0) is 30.7 Å². The lowest BCUT2D eigenvalue weighted by Gasteiger charge is -2.13. The van der Waals surface area contributed by atoms with E-state index in [1.165, 1.54) is 0 Å². The van der Waals surface area contributed by atoms with Gasteiger partial charge in [-0.15, -0.1) is 0 Å². The Morgan fingerprint density at radius 1 is 1.37 bits per heavy atom. The Bertz CT molecular complexity index is 433. The van der Waals surface area contributed by atoms with E-state index in [1.807, 2.05) is 6.92 Å². The second-order valence-corrected chi connectivity index (χ2v) is 4.91. The molecule has 1 rings (SSSR count). The molecule has 0 fully saturated rings. The maximum Gasteiger partial charge on any atom is 0.326 e. The van der Waals surface area contributed by atoms with Gasteiger partial charge in [0.2, 0.25) is 0 Å². The summed E-state index contributed by atoms with van der Waals surface area (Å²) in [5.74, 6) is -0.914. The minimum absolute atomic E-state index is 0.199. The molecule has 1 atom stereocenters. The van der Waals surface area contributed by atoms with Gasteiger partial charge >= 0.3 is 5.97 Å². The lowest BCUT2D eigenvalue weighted by molar-refractivity contribution is -0.142. The molecule has 104 valence electrons. The van der Waals surface area contributed by atoms with Gasteiger partial charge < -0.3 is 15.2 Å². The maximum absolute atomic E-state index is 11.6. The SMILES string of the molecule is CCC[C@H](NC(=O)COc1ccc(Br)cc1)C(=O)O.